The minimum atomic E-state index is -3.45. The number of methoxy groups -OCH3 is 1. The maximum Gasteiger partial charge on any atom is 0.244 e. The molecule has 0 saturated heterocycles. The van der Waals surface area contributed by atoms with Crippen molar-refractivity contribution in [2.75, 3.05) is 26.8 Å². The summed E-state index contributed by atoms with van der Waals surface area (Å²) in [7, 11) is -1.87. The van der Waals surface area contributed by atoms with E-state index < -0.39 is 10.0 Å². The van der Waals surface area contributed by atoms with Crippen molar-refractivity contribution in [1.82, 2.24) is 9.62 Å². The molecule has 1 aromatic heterocycles. The lowest BCUT2D eigenvalue weighted by Gasteiger charge is -2.25. The van der Waals surface area contributed by atoms with E-state index in [1.165, 1.54) is 15.6 Å². The van der Waals surface area contributed by atoms with Gasteiger partial charge in [-0.2, -0.15) is 4.31 Å². The normalized spacial score (nSPS) is 12.5. The number of hydrogen-bond acceptors (Lipinski definition) is 5. The number of nitrogens with zero attached hydrogens (tertiary/aromatic N) is 1. The largest absolute Gasteiger partial charge is 0.383 e. The Kier molecular flexibility index (Phi) is 7.83. The molecule has 0 amide bonds. The third-order valence-electron chi connectivity index (χ3n) is 3.05. The molecule has 122 valence electrons. The molecular weight excluding hydrogens is 308 g/mol. The molecule has 0 atom stereocenters. The Balaban J connectivity index is 2.84. The van der Waals surface area contributed by atoms with Gasteiger partial charge < -0.3 is 10.1 Å². The van der Waals surface area contributed by atoms with E-state index in [1.54, 1.807) is 18.6 Å². The summed E-state index contributed by atoms with van der Waals surface area (Å²) in [6.07, 6.45) is 1.06. The molecule has 0 bridgehead atoms. The lowest BCUT2D eigenvalue weighted by molar-refractivity contribution is 0.171. The summed E-state index contributed by atoms with van der Waals surface area (Å²) in [5.41, 5.74) is 0. The third kappa shape index (κ3) is 5.34. The molecule has 1 aromatic rings. The molecular formula is C14H26N2O3S2. The average Bonchev–Trinajstić information content (AvgIpc) is 2.88. The van der Waals surface area contributed by atoms with Gasteiger partial charge in [-0.3, -0.25) is 0 Å². The summed E-state index contributed by atoms with van der Waals surface area (Å²) in [6, 6.07) is 1.68. The fraction of sp³-hybridized carbons (Fsp3) is 0.714. The maximum atomic E-state index is 12.7. The minimum Gasteiger partial charge on any atom is -0.383 e. The van der Waals surface area contributed by atoms with Crippen molar-refractivity contribution in [3.8, 4) is 0 Å². The van der Waals surface area contributed by atoms with Gasteiger partial charge in [-0.25, -0.2) is 8.42 Å². The predicted molar refractivity (Wildman–Crippen MR) is 87.2 cm³/mol. The summed E-state index contributed by atoms with van der Waals surface area (Å²) >= 11 is 1.48. The van der Waals surface area contributed by atoms with Gasteiger partial charge in [0.05, 0.1) is 11.5 Å². The first-order valence-corrected chi connectivity index (χ1v) is 9.54. The van der Waals surface area contributed by atoms with Crippen LogP contribution in [0.15, 0.2) is 16.3 Å². The lowest BCUT2D eigenvalue weighted by atomic mass is 10.4. The van der Waals surface area contributed by atoms with Crippen LogP contribution >= 0.6 is 11.3 Å². The fourth-order valence-electron chi connectivity index (χ4n) is 1.95. The highest BCUT2D eigenvalue weighted by atomic mass is 32.2. The summed E-state index contributed by atoms with van der Waals surface area (Å²) in [4.78, 5) is 1.42. The zero-order valence-corrected chi connectivity index (χ0v) is 14.9. The van der Waals surface area contributed by atoms with Crippen molar-refractivity contribution in [2.45, 2.75) is 44.7 Å². The van der Waals surface area contributed by atoms with Crippen molar-refractivity contribution in [1.29, 1.82) is 0 Å². The number of nitrogens with one attached hydrogen (secondary N) is 1. The number of rotatable bonds is 10. The quantitative estimate of drug-likeness (QED) is 0.667. The van der Waals surface area contributed by atoms with E-state index in [0.29, 0.717) is 24.6 Å². The van der Waals surface area contributed by atoms with Crippen LogP contribution in [0, 0.1) is 0 Å². The fourth-order valence-corrected chi connectivity index (χ4v) is 4.80. The monoisotopic (exact) mass is 334 g/mol. The SMILES string of the molecule is CCCNCc1cc(S(=O)(=O)N(CCOC)C(C)C)cs1. The summed E-state index contributed by atoms with van der Waals surface area (Å²) in [6.45, 7) is 8.28. The Morgan fingerprint density at radius 1 is 1.43 bits per heavy atom. The lowest BCUT2D eigenvalue weighted by Crippen LogP contribution is -2.39. The van der Waals surface area contributed by atoms with Crippen LogP contribution in [0.1, 0.15) is 32.1 Å². The molecule has 0 aliphatic carbocycles. The van der Waals surface area contributed by atoms with Gasteiger partial charge in [0.15, 0.2) is 0 Å². The highest BCUT2D eigenvalue weighted by Gasteiger charge is 2.27. The number of sulfonamides is 1. The van der Waals surface area contributed by atoms with E-state index in [-0.39, 0.29) is 6.04 Å². The van der Waals surface area contributed by atoms with Crippen LogP contribution in [0.5, 0.6) is 0 Å². The van der Waals surface area contributed by atoms with Crippen molar-refractivity contribution in [3.05, 3.63) is 16.3 Å². The molecule has 5 nitrogen and oxygen atoms in total. The first-order chi connectivity index (χ1) is 9.93. The van der Waals surface area contributed by atoms with Crippen molar-refractivity contribution in [2.24, 2.45) is 0 Å². The number of thiophene rings is 1. The van der Waals surface area contributed by atoms with Gasteiger partial charge in [0.1, 0.15) is 0 Å². The van der Waals surface area contributed by atoms with Crippen LogP contribution in [0.4, 0.5) is 0 Å². The standard InChI is InChI=1S/C14H26N2O3S2/c1-5-6-15-10-13-9-14(11-20-13)21(17,18)16(12(2)3)7-8-19-4/h9,11-12,15H,5-8,10H2,1-4H3. The van der Waals surface area contributed by atoms with E-state index in [9.17, 15) is 8.42 Å². The molecule has 0 saturated carbocycles. The van der Waals surface area contributed by atoms with Gasteiger partial charge in [-0.15, -0.1) is 11.3 Å². The predicted octanol–water partition coefficient (Wildman–Crippen LogP) is 2.29. The highest BCUT2D eigenvalue weighted by Crippen LogP contribution is 2.24. The minimum absolute atomic E-state index is 0.0910. The van der Waals surface area contributed by atoms with Gasteiger partial charge in [0.2, 0.25) is 10.0 Å². The Hall–Kier alpha value is -0.470. The van der Waals surface area contributed by atoms with E-state index >= 15 is 0 Å². The molecule has 0 aromatic carbocycles. The molecule has 1 N–H and O–H groups in total. The zero-order chi connectivity index (χ0) is 15.9. The molecule has 7 heteroatoms. The first-order valence-electron chi connectivity index (χ1n) is 7.22. The molecule has 0 aliphatic rings. The number of ether oxygens (including phenoxy) is 1. The van der Waals surface area contributed by atoms with E-state index in [1.807, 2.05) is 13.8 Å². The van der Waals surface area contributed by atoms with Crippen LogP contribution in [0.2, 0.25) is 0 Å². The molecule has 0 aliphatic heterocycles. The van der Waals surface area contributed by atoms with Gasteiger partial charge in [0.25, 0.3) is 0 Å². The van der Waals surface area contributed by atoms with Gasteiger partial charge in [-0.1, -0.05) is 6.92 Å². The third-order valence-corrected chi connectivity index (χ3v) is 6.19. The van der Waals surface area contributed by atoms with E-state index in [4.69, 9.17) is 4.74 Å². The summed E-state index contributed by atoms with van der Waals surface area (Å²) < 4.78 is 31.9. The zero-order valence-electron chi connectivity index (χ0n) is 13.3. The van der Waals surface area contributed by atoms with Gasteiger partial charge >= 0.3 is 0 Å². The van der Waals surface area contributed by atoms with Crippen molar-refractivity contribution < 1.29 is 13.2 Å². The van der Waals surface area contributed by atoms with Crippen LogP contribution in [-0.2, 0) is 21.3 Å². The first kappa shape index (κ1) is 18.6. The van der Waals surface area contributed by atoms with E-state index in [0.717, 1.165) is 17.8 Å². The van der Waals surface area contributed by atoms with Gasteiger partial charge in [0, 0.05) is 36.5 Å². The van der Waals surface area contributed by atoms with Crippen LogP contribution in [0.25, 0.3) is 0 Å². The topological polar surface area (TPSA) is 58.6 Å². The molecule has 1 rings (SSSR count). The molecule has 0 spiro atoms. The van der Waals surface area contributed by atoms with Crippen LogP contribution in [-0.4, -0.2) is 45.6 Å². The van der Waals surface area contributed by atoms with Crippen molar-refractivity contribution in [3.63, 3.8) is 0 Å². The highest BCUT2D eigenvalue weighted by molar-refractivity contribution is 7.89. The Bertz CT molecular complexity index is 512. The Morgan fingerprint density at radius 2 is 2.14 bits per heavy atom. The Labute approximate surface area is 132 Å². The van der Waals surface area contributed by atoms with Crippen LogP contribution in [0.3, 0.4) is 0 Å². The molecule has 0 fully saturated rings. The van der Waals surface area contributed by atoms with Gasteiger partial charge in [-0.05, 0) is 32.9 Å². The Morgan fingerprint density at radius 3 is 2.71 bits per heavy atom. The second kappa shape index (κ2) is 8.85. The molecule has 0 radical (unpaired) electrons. The smallest absolute Gasteiger partial charge is 0.244 e. The molecule has 1 heterocycles. The second-order valence-electron chi connectivity index (χ2n) is 5.13. The van der Waals surface area contributed by atoms with E-state index in [2.05, 4.69) is 12.2 Å². The average molecular weight is 335 g/mol. The second-order valence-corrected chi connectivity index (χ2v) is 8.01. The molecule has 21 heavy (non-hydrogen) atoms. The van der Waals surface area contributed by atoms with Crippen molar-refractivity contribution >= 4 is 21.4 Å². The maximum absolute atomic E-state index is 12.7. The summed E-state index contributed by atoms with van der Waals surface area (Å²) in [5, 5.41) is 5.01. The van der Waals surface area contributed by atoms with Crippen LogP contribution < -0.4 is 5.32 Å². The molecule has 0 unspecified atom stereocenters. The summed E-state index contributed by atoms with van der Waals surface area (Å²) in [5.74, 6) is 0. The number of hydrogen-bond donors (Lipinski definition) is 1.